The van der Waals surface area contributed by atoms with Crippen LogP contribution in [0, 0.1) is 15.9 Å². The normalized spacial score (nSPS) is 12.7. The van der Waals surface area contributed by atoms with Gasteiger partial charge in [0.25, 0.3) is 0 Å². The average Bonchev–Trinajstić information content (AvgIpc) is 4.32. The monoisotopic (exact) mass is 1200 g/mol. The number of benzene rings is 9. The zero-order chi connectivity index (χ0) is 54.3. The molecule has 0 aliphatic rings. The molecule has 6 nitrogen and oxygen atoms in total. The van der Waals surface area contributed by atoms with E-state index in [0.717, 1.165) is 70.5 Å². The van der Waals surface area contributed by atoms with Gasteiger partial charge in [0, 0.05) is 27.7 Å². The topological polar surface area (TPSA) is 41.3 Å². The molecule has 0 bridgehead atoms. The molecule has 0 atom stereocenters. The molecule has 0 aliphatic heterocycles. The molecular formula is C72H59N5OPt-2. The van der Waals surface area contributed by atoms with Crippen molar-refractivity contribution in [1.82, 2.24) is 23.1 Å². The molecule has 0 fully saturated rings. The van der Waals surface area contributed by atoms with Crippen molar-refractivity contribution in [3.05, 3.63) is 227 Å². The zero-order valence-corrected chi connectivity index (χ0v) is 48.2. The number of fused-ring (bicyclic) bond motifs is 10. The van der Waals surface area contributed by atoms with Crippen molar-refractivity contribution in [2.75, 3.05) is 0 Å². The Balaban J connectivity index is 0.934. The van der Waals surface area contributed by atoms with Gasteiger partial charge in [0.2, 0.25) is 0 Å². The summed E-state index contributed by atoms with van der Waals surface area (Å²) < 4.78 is 17.4. The first-order valence-corrected chi connectivity index (χ1v) is 28.4. The number of para-hydroxylation sites is 5. The van der Waals surface area contributed by atoms with Gasteiger partial charge in [-0.05, 0) is 23.1 Å². The second kappa shape index (κ2) is 17.9. The SMILES string of the molecule is CC(C)(C)c1cc(-c2cccc(-c3ccccc3)c2-n2[c](=[Pt])n(-c3[c-]c(Oc4[c-]c5c(cc4)c4cc6c7cccc8c9ccccc9n(c6cc4n5-c4cc(C(C)(C)C)ccn4)c87)ccc3)c3ccccc32)cc(C(C)(C)C)c1. The van der Waals surface area contributed by atoms with E-state index in [9.17, 15) is 0 Å². The molecule has 0 amide bonds. The Bertz CT molecular complexity index is 4800. The number of hydrogen-bond acceptors (Lipinski definition) is 2. The standard InChI is InChI=1S/C72H59N5O.Pt/c1-70(2,3)47-34-35-73-67(39-47)76-64-41-52(32-33-56(64)59-42-60-58-28-19-27-57-55-24-13-14-29-61(55)77(69(57)58)66(60)43-65(59)76)78-51-23-17-22-50(40-51)74-44-75(63-31-16-15-30-62(63)74)68-53(45-20-11-10-12-21-45)25-18-26-54(68)46-36-48(71(4,5)6)38-49(37-46)72(7,8)9;/h10-39,42-43H,1-9H3;/q-2;. The van der Waals surface area contributed by atoms with E-state index in [0.29, 0.717) is 11.5 Å². The van der Waals surface area contributed by atoms with Crippen LogP contribution < -0.4 is 4.74 Å². The molecule has 0 unspecified atom stereocenters. The van der Waals surface area contributed by atoms with Crippen LogP contribution in [0.15, 0.2) is 194 Å². The van der Waals surface area contributed by atoms with Crippen LogP contribution in [0.2, 0.25) is 0 Å². The van der Waals surface area contributed by atoms with E-state index in [-0.39, 0.29) is 16.2 Å². The van der Waals surface area contributed by atoms with Crippen molar-refractivity contribution in [2.45, 2.75) is 78.6 Å². The van der Waals surface area contributed by atoms with E-state index in [4.69, 9.17) is 9.72 Å². The second-order valence-corrected chi connectivity index (χ2v) is 25.3. The number of pyridine rings is 1. The summed E-state index contributed by atoms with van der Waals surface area (Å²) in [5.74, 6) is 2.01. The van der Waals surface area contributed by atoms with E-state index in [2.05, 4.69) is 288 Å². The molecule has 9 aromatic carbocycles. The van der Waals surface area contributed by atoms with Gasteiger partial charge in [-0.3, -0.25) is 0 Å². The number of hydrogen-bond donors (Lipinski definition) is 0. The fraction of sp³-hybridized carbons (Fsp3) is 0.167. The van der Waals surface area contributed by atoms with Gasteiger partial charge in [0.05, 0.1) is 16.6 Å². The van der Waals surface area contributed by atoms with Crippen molar-refractivity contribution < 1.29 is 24.1 Å². The molecule has 0 aliphatic carbocycles. The number of rotatable bonds is 7. The molecular weight excluding hydrogens is 1150 g/mol. The van der Waals surface area contributed by atoms with Gasteiger partial charge in [-0.15, -0.1) is 0 Å². The fourth-order valence-corrected chi connectivity index (χ4v) is 13.0. The molecule has 0 saturated heterocycles. The Morgan fingerprint density at radius 3 is 1.73 bits per heavy atom. The summed E-state index contributed by atoms with van der Waals surface area (Å²) in [6.45, 7) is 20.6. The molecule has 0 radical (unpaired) electrons. The van der Waals surface area contributed by atoms with Crippen molar-refractivity contribution >= 4 is 70.9 Å². The summed E-state index contributed by atoms with van der Waals surface area (Å²) >= 11 is 2.52. The molecule has 14 rings (SSSR count). The van der Waals surface area contributed by atoms with Gasteiger partial charge in [0.15, 0.2) is 0 Å². The van der Waals surface area contributed by atoms with Crippen molar-refractivity contribution in [2.24, 2.45) is 0 Å². The summed E-state index contributed by atoms with van der Waals surface area (Å²) in [5.41, 5.74) is 18.0. The quantitative estimate of drug-likeness (QED) is 0.149. The molecule has 0 N–H and O–H groups in total. The predicted molar refractivity (Wildman–Crippen MR) is 324 cm³/mol. The van der Waals surface area contributed by atoms with Gasteiger partial charge in [-0.2, -0.15) is 0 Å². The summed E-state index contributed by atoms with van der Waals surface area (Å²) in [6, 6.07) is 75.9. The van der Waals surface area contributed by atoms with E-state index in [1.807, 2.05) is 18.3 Å². The predicted octanol–water partition coefficient (Wildman–Crippen LogP) is 18.8. The van der Waals surface area contributed by atoms with E-state index >= 15 is 0 Å². The molecule has 390 valence electrons. The Morgan fingerprint density at radius 1 is 0.418 bits per heavy atom. The van der Waals surface area contributed by atoms with Crippen LogP contribution >= 0.6 is 0 Å². The van der Waals surface area contributed by atoms with Gasteiger partial charge in [0.1, 0.15) is 0 Å². The van der Waals surface area contributed by atoms with Gasteiger partial charge in [-0.25, -0.2) is 0 Å². The average molecular weight is 1210 g/mol. The maximum atomic E-state index is 6.92. The summed E-state index contributed by atoms with van der Waals surface area (Å²) in [5, 5.41) is 7.21. The van der Waals surface area contributed by atoms with Gasteiger partial charge >= 0.3 is 346 Å². The summed E-state index contributed by atoms with van der Waals surface area (Å²) in [4.78, 5) is 5.08. The van der Waals surface area contributed by atoms with Crippen molar-refractivity contribution in [3.63, 3.8) is 0 Å². The third-order valence-corrected chi connectivity index (χ3v) is 17.1. The minimum absolute atomic E-state index is 0.0504. The van der Waals surface area contributed by atoms with Crippen LogP contribution in [-0.4, -0.2) is 23.1 Å². The molecule has 5 heterocycles. The van der Waals surface area contributed by atoms with E-state index in [1.165, 1.54) is 60.4 Å². The van der Waals surface area contributed by atoms with Crippen LogP contribution in [-0.2, 0) is 35.6 Å². The van der Waals surface area contributed by atoms with Crippen molar-refractivity contribution in [3.8, 4) is 50.9 Å². The Kier molecular flexibility index (Phi) is 11.1. The fourth-order valence-electron chi connectivity index (χ4n) is 12.0. The van der Waals surface area contributed by atoms with Crippen molar-refractivity contribution in [1.29, 1.82) is 0 Å². The molecule has 7 heteroatoms. The first-order valence-electron chi connectivity index (χ1n) is 27.3. The van der Waals surface area contributed by atoms with Crippen LogP contribution in [0.4, 0.5) is 0 Å². The van der Waals surface area contributed by atoms with Crippen LogP contribution in [0.5, 0.6) is 11.5 Å². The molecule has 0 spiro atoms. The van der Waals surface area contributed by atoms with Crippen LogP contribution in [0.3, 0.4) is 0 Å². The van der Waals surface area contributed by atoms with Crippen LogP contribution in [0.25, 0.3) is 110 Å². The second-order valence-electron chi connectivity index (χ2n) is 24.3. The number of ether oxygens (including phenoxy) is 1. The van der Waals surface area contributed by atoms with Gasteiger partial charge < -0.3 is 4.40 Å². The zero-order valence-electron chi connectivity index (χ0n) is 45.9. The third-order valence-electron chi connectivity index (χ3n) is 16.1. The Morgan fingerprint density at radius 2 is 1.01 bits per heavy atom. The summed E-state index contributed by atoms with van der Waals surface area (Å²) in [6.07, 6.45) is 1.94. The van der Waals surface area contributed by atoms with E-state index in [1.54, 1.807) is 0 Å². The number of imidazole rings is 1. The third kappa shape index (κ3) is 7.93. The molecule has 14 aromatic rings. The number of aromatic nitrogens is 5. The van der Waals surface area contributed by atoms with E-state index < -0.39 is 0 Å². The number of nitrogens with zero attached hydrogens (tertiary/aromatic N) is 5. The first-order chi connectivity index (χ1) is 38.0. The first kappa shape index (κ1) is 49.0. The summed E-state index contributed by atoms with van der Waals surface area (Å²) in [7, 11) is 0. The van der Waals surface area contributed by atoms with Crippen LogP contribution in [0.1, 0.15) is 79.0 Å². The van der Waals surface area contributed by atoms with Gasteiger partial charge in [-0.1, -0.05) is 57.2 Å². The minimum atomic E-state index is -0.0855. The Hall–Kier alpha value is -8.31. The molecule has 0 saturated carbocycles. The molecule has 79 heavy (non-hydrogen) atoms. The molecule has 5 aromatic heterocycles. The Labute approximate surface area is 471 Å². The maximum absolute atomic E-state index is 6.92.